The fourth-order valence-electron chi connectivity index (χ4n) is 2.86. The van der Waals surface area contributed by atoms with E-state index in [1.165, 1.54) is 16.9 Å². The Kier molecular flexibility index (Phi) is 6.09. The third-order valence-corrected chi connectivity index (χ3v) is 5.12. The third-order valence-electron chi connectivity index (χ3n) is 4.34. The predicted octanol–water partition coefficient (Wildman–Crippen LogP) is 6.29. The number of hydrogen-bond acceptors (Lipinski definition) is 6. The number of rotatable bonds is 6. The predicted molar refractivity (Wildman–Crippen MR) is 128 cm³/mol. The Bertz CT molecular complexity index is 1160. The van der Waals surface area contributed by atoms with Gasteiger partial charge in [0, 0.05) is 28.8 Å². The molecule has 0 bridgehead atoms. The Hall–Kier alpha value is -3.91. The van der Waals surface area contributed by atoms with Crippen LogP contribution in [0.4, 0.5) is 38.6 Å². The minimum Gasteiger partial charge on any atom is -0.340 e. The first-order valence-electron chi connectivity index (χ1n) is 9.71. The summed E-state index contributed by atoms with van der Waals surface area (Å²) in [6.45, 7) is 3.98. The Labute approximate surface area is 184 Å². The van der Waals surface area contributed by atoms with Crippen molar-refractivity contribution in [1.82, 2.24) is 9.97 Å². The van der Waals surface area contributed by atoms with E-state index in [1.807, 2.05) is 79.0 Å². The number of hydrogen-bond donors (Lipinski definition) is 4. The molecule has 0 unspecified atom stereocenters. The summed E-state index contributed by atoms with van der Waals surface area (Å²) in [6, 6.07) is 20.8. The molecule has 0 aliphatic heterocycles. The molecule has 2 aromatic heterocycles. The number of nitrogens with one attached hydrogen (secondary N) is 4. The first-order chi connectivity index (χ1) is 15.0. The highest BCUT2D eigenvalue weighted by atomic mass is 32.1. The zero-order valence-corrected chi connectivity index (χ0v) is 18.0. The molecule has 0 aliphatic carbocycles. The molecule has 2 amide bonds. The monoisotopic (exact) mass is 430 g/mol. The van der Waals surface area contributed by atoms with Gasteiger partial charge in [0.2, 0.25) is 5.95 Å². The van der Waals surface area contributed by atoms with Crippen molar-refractivity contribution in [2.45, 2.75) is 13.8 Å². The molecule has 2 heterocycles. The van der Waals surface area contributed by atoms with Gasteiger partial charge in [0.25, 0.3) is 0 Å². The molecule has 8 heteroatoms. The van der Waals surface area contributed by atoms with Crippen molar-refractivity contribution in [2.75, 3.05) is 21.3 Å². The molecule has 4 rings (SSSR count). The lowest BCUT2D eigenvalue weighted by Crippen LogP contribution is -2.18. The number of aryl methyl sites for hydroxylation is 2. The largest absolute Gasteiger partial charge is 0.340 e. The number of carbonyl (C=O) groups is 1. The molecule has 0 radical (unpaired) electrons. The highest BCUT2D eigenvalue weighted by Crippen LogP contribution is 2.21. The van der Waals surface area contributed by atoms with Gasteiger partial charge in [-0.2, -0.15) is 4.98 Å². The number of benzene rings is 2. The van der Waals surface area contributed by atoms with Gasteiger partial charge in [0.15, 0.2) is 0 Å². The van der Waals surface area contributed by atoms with Gasteiger partial charge in [-0.3, -0.25) is 5.32 Å². The fraction of sp³-hybridized carbons (Fsp3) is 0.0870. The molecular formula is C23H22N6OS. The van der Waals surface area contributed by atoms with Gasteiger partial charge in [-0.25, -0.2) is 9.78 Å². The minimum absolute atomic E-state index is 0.281. The van der Waals surface area contributed by atoms with Crippen LogP contribution < -0.4 is 21.3 Å². The standard InChI is InChI=1S/C23H22N6OS/c1-15-5-7-17(8-6-15)25-20-14-16(2)24-22(28-20)26-18-9-11-19(12-10-18)27-23(30)29-21-4-3-13-31-21/h3-14H,1-2H3,(H2,27,29,30)(H2,24,25,26,28). The maximum atomic E-state index is 12.0. The number of amides is 2. The zero-order chi connectivity index (χ0) is 21.6. The van der Waals surface area contributed by atoms with E-state index in [1.54, 1.807) is 0 Å². The lowest BCUT2D eigenvalue weighted by Gasteiger charge is -2.11. The topological polar surface area (TPSA) is 91.0 Å². The van der Waals surface area contributed by atoms with Gasteiger partial charge in [0.05, 0.1) is 5.00 Å². The van der Waals surface area contributed by atoms with Crippen molar-refractivity contribution in [2.24, 2.45) is 0 Å². The zero-order valence-electron chi connectivity index (χ0n) is 17.1. The van der Waals surface area contributed by atoms with Crippen LogP contribution in [-0.2, 0) is 0 Å². The van der Waals surface area contributed by atoms with Gasteiger partial charge >= 0.3 is 6.03 Å². The van der Waals surface area contributed by atoms with E-state index in [-0.39, 0.29) is 6.03 Å². The quantitative estimate of drug-likeness (QED) is 0.289. The summed E-state index contributed by atoms with van der Waals surface area (Å²) in [4.78, 5) is 21.0. The number of anilines is 6. The van der Waals surface area contributed by atoms with E-state index in [9.17, 15) is 4.79 Å². The summed E-state index contributed by atoms with van der Waals surface area (Å²) >= 11 is 1.47. The van der Waals surface area contributed by atoms with E-state index < -0.39 is 0 Å². The summed E-state index contributed by atoms with van der Waals surface area (Å²) in [5.41, 5.74) is 4.51. The Balaban J connectivity index is 1.39. The summed E-state index contributed by atoms with van der Waals surface area (Å²) in [5.74, 6) is 1.20. The molecule has 4 N–H and O–H groups in total. The van der Waals surface area contributed by atoms with Gasteiger partial charge in [-0.05, 0) is 67.8 Å². The highest BCUT2D eigenvalue weighted by Gasteiger charge is 2.06. The smallest absolute Gasteiger partial charge is 0.324 e. The van der Waals surface area contributed by atoms with Crippen molar-refractivity contribution in [1.29, 1.82) is 0 Å². The average Bonchev–Trinajstić information content (AvgIpc) is 3.24. The summed E-state index contributed by atoms with van der Waals surface area (Å²) < 4.78 is 0. The molecule has 7 nitrogen and oxygen atoms in total. The molecule has 4 aromatic rings. The molecule has 0 fully saturated rings. The second-order valence-electron chi connectivity index (χ2n) is 6.97. The highest BCUT2D eigenvalue weighted by molar-refractivity contribution is 7.14. The summed E-state index contributed by atoms with van der Waals surface area (Å²) in [7, 11) is 0. The van der Waals surface area contributed by atoms with Crippen LogP contribution in [-0.4, -0.2) is 16.0 Å². The molecule has 0 saturated heterocycles. The first kappa shape index (κ1) is 20.4. The van der Waals surface area contributed by atoms with Crippen molar-refractivity contribution >= 4 is 51.2 Å². The molecule has 0 atom stereocenters. The maximum absolute atomic E-state index is 12.0. The van der Waals surface area contributed by atoms with E-state index in [2.05, 4.69) is 38.2 Å². The number of urea groups is 1. The molecular weight excluding hydrogens is 408 g/mol. The summed E-state index contributed by atoms with van der Waals surface area (Å²) in [6.07, 6.45) is 0. The van der Waals surface area contributed by atoms with Crippen LogP contribution in [0, 0.1) is 13.8 Å². The lowest BCUT2D eigenvalue weighted by atomic mass is 10.2. The maximum Gasteiger partial charge on any atom is 0.324 e. The fourth-order valence-corrected chi connectivity index (χ4v) is 3.48. The third kappa shape index (κ3) is 5.80. The molecule has 0 aliphatic rings. The van der Waals surface area contributed by atoms with Crippen LogP contribution in [0.5, 0.6) is 0 Å². The molecule has 2 aromatic carbocycles. The van der Waals surface area contributed by atoms with Crippen molar-refractivity contribution in [3.63, 3.8) is 0 Å². The van der Waals surface area contributed by atoms with Crippen LogP contribution in [0.2, 0.25) is 0 Å². The minimum atomic E-state index is -0.281. The SMILES string of the molecule is Cc1ccc(Nc2cc(C)nc(Nc3ccc(NC(=O)Nc4cccs4)cc3)n2)cc1. The Morgan fingerprint density at radius 2 is 1.48 bits per heavy atom. The number of thiophene rings is 1. The summed E-state index contributed by atoms with van der Waals surface area (Å²) in [5, 5.41) is 14.8. The second-order valence-corrected chi connectivity index (χ2v) is 7.92. The normalized spacial score (nSPS) is 10.4. The van der Waals surface area contributed by atoms with E-state index in [0.717, 1.165) is 22.1 Å². The molecule has 31 heavy (non-hydrogen) atoms. The van der Waals surface area contributed by atoms with Crippen LogP contribution in [0.25, 0.3) is 0 Å². The second kappa shape index (κ2) is 9.27. The van der Waals surface area contributed by atoms with E-state index in [0.29, 0.717) is 17.5 Å². The van der Waals surface area contributed by atoms with Crippen LogP contribution in [0.1, 0.15) is 11.3 Å². The number of aromatic nitrogens is 2. The van der Waals surface area contributed by atoms with Crippen molar-refractivity contribution in [3.05, 3.63) is 83.4 Å². The average molecular weight is 431 g/mol. The Morgan fingerprint density at radius 3 is 2.19 bits per heavy atom. The number of nitrogens with zero attached hydrogens (tertiary/aromatic N) is 2. The van der Waals surface area contributed by atoms with Crippen LogP contribution in [0.3, 0.4) is 0 Å². The lowest BCUT2D eigenvalue weighted by molar-refractivity contribution is 0.262. The van der Waals surface area contributed by atoms with Gasteiger partial charge in [0.1, 0.15) is 5.82 Å². The van der Waals surface area contributed by atoms with Gasteiger partial charge < -0.3 is 16.0 Å². The van der Waals surface area contributed by atoms with Crippen LogP contribution >= 0.6 is 11.3 Å². The van der Waals surface area contributed by atoms with E-state index in [4.69, 9.17) is 0 Å². The first-order valence-corrected chi connectivity index (χ1v) is 10.6. The van der Waals surface area contributed by atoms with Gasteiger partial charge in [-0.15, -0.1) is 11.3 Å². The Morgan fingerprint density at radius 1 is 0.806 bits per heavy atom. The molecule has 0 saturated carbocycles. The van der Waals surface area contributed by atoms with Crippen LogP contribution in [0.15, 0.2) is 72.1 Å². The van der Waals surface area contributed by atoms with E-state index >= 15 is 0 Å². The van der Waals surface area contributed by atoms with Crippen molar-refractivity contribution < 1.29 is 4.79 Å². The molecule has 0 spiro atoms. The molecule has 156 valence electrons. The number of carbonyl (C=O) groups excluding carboxylic acids is 1. The van der Waals surface area contributed by atoms with Crippen molar-refractivity contribution in [3.8, 4) is 0 Å². The van der Waals surface area contributed by atoms with Gasteiger partial charge in [-0.1, -0.05) is 17.7 Å².